The summed E-state index contributed by atoms with van der Waals surface area (Å²) in [7, 11) is 3.50. The van der Waals surface area contributed by atoms with Crippen LogP contribution >= 0.6 is 0 Å². The Morgan fingerprint density at radius 2 is 1.94 bits per heavy atom. The first-order valence-electron chi connectivity index (χ1n) is 6.19. The van der Waals surface area contributed by atoms with Crippen molar-refractivity contribution in [2.45, 2.75) is 32.7 Å². The molecule has 0 aromatic rings. The van der Waals surface area contributed by atoms with E-state index < -0.39 is 0 Å². The molecule has 0 atom stereocenters. The van der Waals surface area contributed by atoms with Crippen LogP contribution < -0.4 is 10.6 Å². The van der Waals surface area contributed by atoms with Crippen LogP contribution in [-0.2, 0) is 0 Å². The first-order chi connectivity index (χ1) is 7.50. The van der Waals surface area contributed by atoms with E-state index in [0.717, 1.165) is 18.4 Å². The van der Waals surface area contributed by atoms with E-state index in [4.69, 9.17) is 0 Å². The number of urea groups is 1. The summed E-state index contributed by atoms with van der Waals surface area (Å²) < 4.78 is 0. The van der Waals surface area contributed by atoms with Gasteiger partial charge in [0.25, 0.3) is 0 Å². The van der Waals surface area contributed by atoms with E-state index in [0.29, 0.717) is 12.6 Å². The molecule has 0 spiro atoms. The molecule has 0 heterocycles. The van der Waals surface area contributed by atoms with E-state index in [9.17, 15) is 4.79 Å². The molecule has 1 fully saturated rings. The zero-order valence-electron chi connectivity index (χ0n) is 10.9. The van der Waals surface area contributed by atoms with Gasteiger partial charge in [0.05, 0.1) is 0 Å². The average molecular weight is 227 g/mol. The zero-order chi connectivity index (χ0) is 12.1. The zero-order valence-corrected chi connectivity index (χ0v) is 10.9. The summed E-state index contributed by atoms with van der Waals surface area (Å²) in [4.78, 5) is 12.8. The summed E-state index contributed by atoms with van der Waals surface area (Å²) >= 11 is 0. The molecule has 1 aliphatic carbocycles. The number of nitrogens with zero attached hydrogens (tertiary/aromatic N) is 1. The molecule has 0 radical (unpaired) electrons. The highest BCUT2D eigenvalue weighted by atomic mass is 16.2. The van der Waals surface area contributed by atoms with Gasteiger partial charge in [0, 0.05) is 33.2 Å². The van der Waals surface area contributed by atoms with E-state index in [-0.39, 0.29) is 6.03 Å². The molecule has 0 aliphatic heterocycles. The van der Waals surface area contributed by atoms with E-state index >= 15 is 0 Å². The molecule has 0 bridgehead atoms. The monoisotopic (exact) mass is 227 g/mol. The number of rotatable bonds is 5. The number of hydrogen-bond acceptors (Lipinski definition) is 2. The van der Waals surface area contributed by atoms with Crippen molar-refractivity contribution in [2.24, 2.45) is 11.8 Å². The Kier molecular flexibility index (Phi) is 5.06. The van der Waals surface area contributed by atoms with E-state index in [2.05, 4.69) is 24.5 Å². The van der Waals surface area contributed by atoms with Crippen molar-refractivity contribution < 1.29 is 4.79 Å². The van der Waals surface area contributed by atoms with Crippen molar-refractivity contribution in [1.29, 1.82) is 0 Å². The van der Waals surface area contributed by atoms with E-state index in [1.165, 1.54) is 12.8 Å². The maximum atomic E-state index is 11.2. The molecule has 1 rings (SSSR count). The smallest absolute Gasteiger partial charge is 0.316 e. The summed E-state index contributed by atoms with van der Waals surface area (Å²) in [5.74, 6) is 1.71. The number of nitrogens with one attached hydrogen (secondary N) is 2. The van der Waals surface area contributed by atoms with Gasteiger partial charge in [0.1, 0.15) is 0 Å². The maximum Gasteiger partial charge on any atom is 0.316 e. The minimum Gasteiger partial charge on any atom is -0.337 e. The third-order valence-electron chi connectivity index (χ3n) is 3.36. The van der Waals surface area contributed by atoms with Crippen molar-refractivity contribution >= 4 is 6.03 Å². The van der Waals surface area contributed by atoms with Crippen LogP contribution in [0, 0.1) is 11.8 Å². The van der Waals surface area contributed by atoms with Gasteiger partial charge in [-0.05, 0) is 24.7 Å². The normalized spacial score (nSPS) is 24.1. The van der Waals surface area contributed by atoms with Crippen molar-refractivity contribution in [2.75, 3.05) is 27.2 Å². The molecule has 1 saturated carbocycles. The Morgan fingerprint density at radius 3 is 2.44 bits per heavy atom. The van der Waals surface area contributed by atoms with Gasteiger partial charge in [0.2, 0.25) is 0 Å². The number of carbonyl (C=O) groups excluding carboxylic acids is 1. The van der Waals surface area contributed by atoms with Crippen molar-refractivity contribution in [1.82, 2.24) is 15.5 Å². The summed E-state index contributed by atoms with van der Waals surface area (Å²) in [6.45, 7) is 6.16. The summed E-state index contributed by atoms with van der Waals surface area (Å²) in [5, 5.41) is 6.31. The predicted molar refractivity (Wildman–Crippen MR) is 66.4 cm³/mol. The van der Waals surface area contributed by atoms with Gasteiger partial charge in [-0.2, -0.15) is 0 Å². The third kappa shape index (κ3) is 4.00. The van der Waals surface area contributed by atoms with Gasteiger partial charge in [0.15, 0.2) is 0 Å². The van der Waals surface area contributed by atoms with Crippen LogP contribution in [0.25, 0.3) is 0 Å². The Bertz CT molecular complexity index is 222. The fourth-order valence-corrected chi connectivity index (χ4v) is 1.98. The van der Waals surface area contributed by atoms with Crippen LogP contribution in [0.3, 0.4) is 0 Å². The first kappa shape index (κ1) is 13.3. The number of amides is 2. The lowest BCUT2D eigenvalue weighted by molar-refractivity contribution is 0.169. The standard InChI is InChI=1S/C12H25N3O/c1-9(2)10-7-11(8-10)13-5-6-14-12(16)15(3)4/h9-11,13H,5-8H2,1-4H3,(H,14,16). The average Bonchev–Trinajstić information content (AvgIpc) is 2.13. The lowest BCUT2D eigenvalue weighted by Gasteiger charge is -2.38. The predicted octanol–water partition coefficient (Wildman–Crippen LogP) is 1.28. The number of carbonyl (C=O) groups is 1. The summed E-state index contributed by atoms with van der Waals surface area (Å²) in [6.07, 6.45) is 2.58. The third-order valence-corrected chi connectivity index (χ3v) is 3.36. The van der Waals surface area contributed by atoms with Crippen LogP contribution in [0.4, 0.5) is 4.79 Å². The number of hydrogen-bond donors (Lipinski definition) is 2. The van der Waals surface area contributed by atoms with Gasteiger partial charge in [-0.25, -0.2) is 4.79 Å². The minimum absolute atomic E-state index is 0.0181. The molecule has 4 heteroatoms. The highest BCUT2D eigenvalue weighted by Crippen LogP contribution is 2.33. The van der Waals surface area contributed by atoms with Gasteiger partial charge in [-0.3, -0.25) is 0 Å². The fraction of sp³-hybridized carbons (Fsp3) is 0.917. The Hall–Kier alpha value is -0.770. The maximum absolute atomic E-state index is 11.2. The highest BCUT2D eigenvalue weighted by Gasteiger charge is 2.30. The second-order valence-electron chi connectivity index (χ2n) is 5.25. The molecule has 0 saturated heterocycles. The molecule has 2 amide bonds. The van der Waals surface area contributed by atoms with Crippen LogP contribution in [-0.4, -0.2) is 44.2 Å². The van der Waals surface area contributed by atoms with Gasteiger partial charge in [-0.1, -0.05) is 13.8 Å². The van der Waals surface area contributed by atoms with Gasteiger partial charge >= 0.3 is 6.03 Å². The molecule has 0 aromatic carbocycles. The molecule has 0 aromatic heterocycles. The van der Waals surface area contributed by atoms with Crippen LogP contribution in [0.5, 0.6) is 0 Å². The molecular formula is C12H25N3O. The summed E-state index contributed by atoms with van der Waals surface area (Å²) in [6, 6.07) is 0.652. The highest BCUT2D eigenvalue weighted by molar-refractivity contribution is 5.73. The van der Waals surface area contributed by atoms with E-state index in [1.807, 2.05) is 0 Å². The Morgan fingerprint density at radius 1 is 1.31 bits per heavy atom. The quantitative estimate of drug-likeness (QED) is 0.695. The van der Waals surface area contributed by atoms with E-state index in [1.54, 1.807) is 19.0 Å². The van der Waals surface area contributed by atoms with Crippen LogP contribution in [0.15, 0.2) is 0 Å². The Balaban J connectivity index is 1.96. The topological polar surface area (TPSA) is 44.4 Å². The first-order valence-corrected chi connectivity index (χ1v) is 6.19. The molecule has 0 unspecified atom stereocenters. The van der Waals surface area contributed by atoms with Gasteiger partial charge < -0.3 is 15.5 Å². The van der Waals surface area contributed by atoms with Crippen LogP contribution in [0.1, 0.15) is 26.7 Å². The van der Waals surface area contributed by atoms with Crippen LogP contribution in [0.2, 0.25) is 0 Å². The lowest BCUT2D eigenvalue weighted by Crippen LogP contribution is -2.46. The van der Waals surface area contributed by atoms with Crippen molar-refractivity contribution in [3.63, 3.8) is 0 Å². The summed E-state index contributed by atoms with van der Waals surface area (Å²) in [5.41, 5.74) is 0. The molecule has 94 valence electrons. The molecule has 16 heavy (non-hydrogen) atoms. The Labute approximate surface area is 98.8 Å². The molecule has 4 nitrogen and oxygen atoms in total. The largest absolute Gasteiger partial charge is 0.337 e. The SMILES string of the molecule is CC(C)C1CC(NCCNC(=O)N(C)C)C1. The van der Waals surface area contributed by atoms with Crippen molar-refractivity contribution in [3.8, 4) is 0 Å². The molecular weight excluding hydrogens is 202 g/mol. The van der Waals surface area contributed by atoms with Crippen molar-refractivity contribution in [3.05, 3.63) is 0 Å². The second kappa shape index (κ2) is 6.09. The second-order valence-corrected chi connectivity index (χ2v) is 5.25. The fourth-order valence-electron chi connectivity index (χ4n) is 1.98. The lowest BCUT2D eigenvalue weighted by atomic mass is 9.74. The minimum atomic E-state index is -0.0181. The van der Waals surface area contributed by atoms with Gasteiger partial charge in [-0.15, -0.1) is 0 Å². The molecule has 1 aliphatic rings. The molecule has 2 N–H and O–H groups in total.